The second-order valence-electron chi connectivity index (χ2n) is 7.03. The molecule has 154 valence electrons. The summed E-state index contributed by atoms with van der Waals surface area (Å²) in [5.41, 5.74) is 10.2. The van der Waals surface area contributed by atoms with Crippen molar-refractivity contribution in [1.29, 1.82) is 0 Å². The first kappa shape index (κ1) is 21.4. The van der Waals surface area contributed by atoms with Gasteiger partial charge in [0, 0.05) is 35.5 Å². The largest absolute Gasteiger partial charge is 0.357 e. The average Bonchev–Trinajstić information content (AvgIpc) is 3.12. The summed E-state index contributed by atoms with van der Waals surface area (Å²) in [6, 6.07) is 4.81. The van der Waals surface area contributed by atoms with Crippen LogP contribution < -0.4 is 5.73 Å². The Morgan fingerprint density at radius 3 is 2.34 bits per heavy atom. The predicted molar refractivity (Wildman–Crippen MR) is 112 cm³/mol. The predicted octanol–water partition coefficient (Wildman–Crippen LogP) is 6.03. The molecule has 0 saturated carbocycles. The van der Waals surface area contributed by atoms with Gasteiger partial charge in [-0.2, -0.15) is 5.10 Å². The molecular weight excluding hydrogens is 396 g/mol. The van der Waals surface area contributed by atoms with Crippen LogP contribution in [0.25, 0.3) is 22.3 Å². The lowest BCUT2D eigenvalue weighted by Crippen LogP contribution is -2.10. The standard InChI is InChI=1S/C22H24ClF2N3O/c1-5-29-14(4)28-11-16(10-27-28)21-12(2)20(23)9-19(13(3)26)22(21)15-6-17(24)8-18(25)7-15/h6-11,13-14H,5,26H2,1-4H3. The maximum atomic E-state index is 14.0. The second-order valence-corrected chi connectivity index (χ2v) is 7.44. The third-order valence-electron chi connectivity index (χ3n) is 4.87. The minimum atomic E-state index is -0.658. The Balaban J connectivity index is 2.31. The summed E-state index contributed by atoms with van der Waals surface area (Å²) in [5, 5.41) is 4.92. The van der Waals surface area contributed by atoms with Gasteiger partial charge < -0.3 is 10.5 Å². The number of rotatable bonds is 6. The Morgan fingerprint density at radius 1 is 1.10 bits per heavy atom. The molecule has 0 aliphatic heterocycles. The number of hydrogen-bond donors (Lipinski definition) is 1. The van der Waals surface area contributed by atoms with Gasteiger partial charge in [0.1, 0.15) is 17.9 Å². The maximum Gasteiger partial charge on any atom is 0.147 e. The minimum absolute atomic E-state index is 0.254. The summed E-state index contributed by atoms with van der Waals surface area (Å²) in [7, 11) is 0. The number of ether oxygens (including phenoxy) is 1. The monoisotopic (exact) mass is 419 g/mol. The smallest absolute Gasteiger partial charge is 0.147 e. The average molecular weight is 420 g/mol. The quantitative estimate of drug-likeness (QED) is 0.530. The summed E-state index contributed by atoms with van der Waals surface area (Å²) in [6.07, 6.45) is 3.28. The molecule has 3 rings (SSSR count). The van der Waals surface area contributed by atoms with E-state index in [1.807, 2.05) is 33.9 Å². The Morgan fingerprint density at radius 2 is 1.76 bits per heavy atom. The lowest BCUT2D eigenvalue weighted by molar-refractivity contribution is 0.0160. The molecule has 2 atom stereocenters. The van der Waals surface area contributed by atoms with Crippen LogP contribution in [-0.4, -0.2) is 16.4 Å². The van der Waals surface area contributed by atoms with Crippen molar-refractivity contribution in [3.8, 4) is 22.3 Å². The highest BCUT2D eigenvalue weighted by atomic mass is 35.5. The van der Waals surface area contributed by atoms with Gasteiger partial charge in [-0.1, -0.05) is 11.6 Å². The molecule has 0 aliphatic carbocycles. The summed E-state index contributed by atoms with van der Waals surface area (Å²) < 4.78 is 35.3. The summed E-state index contributed by atoms with van der Waals surface area (Å²) >= 11 is 6.50. The van der Waals surface area contributed by atoms with Gasteiger partial charge in [-0.05, 0) is 73.7 Å². The van der Waals surface area contributed by atoms with Gasteiger partial charge in [0.2, 0.25) is 0 Å². The topological polar surface area (TPSA) is 53.1 Å². The zero-order valence-electron chi connectivity index (χ0n) is 16.8. The molecule has 7 heteroatoms. The van der Waals surface area contributed by atoms with Crippen LogP contribution in [0.2, 0.25) is 5.02 Å². The van der Waals surface area contributed by atoms with Crippen molar-refractivity contribution in [2.45, 2.75) is 40.0 Å². The fourth-order valence-corrected chi connectivity index (χ4v) is 3.69. The van der Waals surface area contributed by atoms with Crippen LogP contribution in [0.15, 0.2) is 36.7 Å². The molecule has 2 aromatic carbocycles. The van der Waals surface area contributed by atoms with Crippen LogP contribution in [0, 0.1) is 18.6 Å². The lowest BCUT2D eigenvalue weighted by atomic mass is 9.86. The molecule has 0 bridgehead atoms. The van der Waals surface area contributed by atoms with Crippen molar-refractivity contribution in [2.24, 2.45) is 5.73 Å². The van der Waals surface area contributed by atoms with Crippen molar-refractivity contribution < 1.29 is 13.5 Å². The van der Waals surface area contributed by atoms with E-state index in [1.54, 1.807) is 16.9 Å². The van der Waals surface area contributed by atoms with Crippen molar-refractivity contribution in [3.05, 3.63) is 64.4 Å². The molecule has 4 nitrogen and oxygen atoms in total. The number of hydrogen-bond acceptors (Lipinski definition) is 3. The van der Waals surface area contributed by atoms with E-state index in [9.17, 15) is 8.78 Å². The number of nitrogens with zero attached hydrogens (tertiary/aromatic N) is 2. The molecular formula is C22H24ClF2N3O. The third-order valence-corrected chi connectivity index (χ3v) is 5.26. The molecule has 29 heavy (non-hydrogen) atoms. The van der Waals surface area contributed by atoms with E-state index in [-0.39, 0.29) is 6.23 Å². The number of benzene rings is 2. The number of aromatic nitrogens is 2. The zero-order chi connectivity index (χ0) is 21.3. The normalized spacial score (nSPS) is 13.5. The molecule has 0 saturated heterocycles. The molecule has 0 fully saturated rings. The fourth-order valence-electron chi connectivity index (χ4n) is 3.48. The molecule has 0 aliphatic rings. The zero-order valence-corrected chi connectivity index (χ0v) is 17.6. The minimum Gasteiger partial charge on any atom is -0.357 e. The van der Waals surface area contributed by atoms with Crippen molar-refractivity contribution >= 4 is 11.6 Å². The van der Waals surface area contributed by atoms with Gasteiger partial charge in [-0.25, -0.2) is 13.5 Å². The molecule has 1 heterocycles. The molecule has 1 aromatic heterocycles. The van der Waals surface area contributed by atoms with E-state index in [2.05, 4.69) is 5.10 Å². The molecule has 2 N–H and O–H groups in total. The molecule has 0 spiro atoms. The van der Waals surface area contributed by atoms with Crippen LogP contribution in [0.5, 0.6) is 0 Å². The van der Waals surface area contributed by atoms with Crippen molar-refractivity contribution in [1.82, 2.24) is 9.78 Å². The van der Waals surface area contributed by atoms with Crippen LogP contribution >= 0.6 is 11.6 Å². The molecule has 2 unspecified atom stereocenters. The van der Waals surface area contributed by atoms with E-state index in [0.29, 0.717) is 28.3 Å². The lowest BCUT2D eigenvalue weighted by Gasteiger charge is -2.21. The summed E-state index contributed by atoms with van der Waals surface area (Å²) in [5.74, 6) is -1.32. The van der Waals surface area contributed by atoms with E-state index in [0.717, 1.165) is 22.8 Å². The van der Waals surface area contributed by atoms with Gasteiger partial charge >= 0.3 is 0 Å². The van der Waals surface area contributed by atoms with Crippen LogP contribution in [0.3, 0.4) is 0 Å². The summed E-state index contributed by atoms with van der Waals surface area (Å²) in [6.45, 7) is 8.03. The Bertz CT molecular complexity index is 1010. The van der Waals surface area contributed by atoms with Gasteiger partial charge in [0.05, 0.1) is 6.20 Å². The number of halogens is 3. The highest BCUT2D eigenvalue weighted by Crippen LogP contribution is 2.42. The fraction of sp³-hybridized carbons (Fsp3) is 0.318. The number of nitrogens with two attached hydrogens (primary N) is 1. The Labute approximate surface area is 174 Å². The molecule has 0 radical (unpaired) electrons. The van der Waals surface area contributed by atoms with E-state index in [4.69, 9.17) is 22.1 Å². The SMILES string of the molecule is CCOC(C)n1cc(-c2c(C)c(Cl)cc(C(C)N)c2-c2cc(F)cc(F)c2)cn1. The first-order chi connectivity index (χ1) is 13.7. The highest BCUT2D eigenvalue weighted by Gasteiger charge is 2.22. The van der Waals surface area contributed by atoms with Crippen LogP contribution in [0.4, 0.5) is 8.78 Å². The van der Waals surface area contributed by atoms with E-state index >= 15 is 0 Å². The molecule has 0 amide bonds. The Hall–Kier alpha value is -2.28. The van der Waals surface area contributed by atoms with Gasteiger partial charge in [-0.15, -0.1) is 0 Å². The van der Waals surface area contributed by atoms with Gasteiger partial charge in [0.25, 0.3) is 0 Å². The summed E-state index contributed by atoms with van der Waals surface area (Å²) in [4.78, 5) is 0. The maximum absolute atomic E-state index is 14.0. The van der Waals surface area contributed by atoms with Crippen LogP contribution in [-0.2, 0) is 4.74 Å². The first-order valence-corrected chi connectivity index (χ1v) is 9.81. The van der Waals surface area contributed by atoms with E-state index in [1.165, 1.54) is 12.1 Å². The first-order valence-electron chi connectivity index (χ1n) is 9.44. The molecule has 3 aromatic rings. The van der Waals surface area contributed by atoms with Crippen molar-refractivity contribution in [3.63, 3.8) is 0 Å². The van der Waals surface area contributed by atoms with Gasteiger partial charge in [-0.3, -0.25) is 0 Å². The van der Waals surface area contributed by atoms with E-state index < -0.39 is 17.7 Å². The van der Waals surface area contributed by atoms with Gasteiger partial charge in [0.15, 0.2) is 0 Å². The second kappa shape index (κ2) is 8.61. The highest BCUT2D eigenvalue weighted by molar-refractivity contribution is 6.32. The third kappa shape index (κ3) is 4.34. The van der Waals surface area contributed by atoms with Crippen molar-refractivity contribution in [2.75, 3.05) is 6.61 Å². The Kier molecular flexibility index (Phi) is 6.36. The van der Waals surface area contributed by atoms with Crippen LogP contribution in [0.1, 0.15) is 44.2 Å².